The van der Waals surface area contributed by atoms with Gasteiger partial charge < -0.3 is 5.32 Å². The van der Waals surface area contributed by atoms with Gasteiger partial charge in [-0.1, -0.05) is 17.7 Å². The monoisotopic (exact) mass is 456 g/mol. The van der Waals surface area contributed by atoms with Crippen LogP contribution < -0.4 is 5.32 Å². The molecule has 0 saturated carbocycles. The largest absolute Gasteiger partial charge is 0.351 e. The third-order valence-electron chi connectivity index (χ3n) is 5.23. The summed E-state index contributed by atoms with van der Waals surface area (Å²) in [6.07, 6.45) is 6.26. The summed E-state index contributed by atoms with van der Waals surface area (Å²) in [5.41, 5.74) is 1.06. The Morgan fingerprint density at radius 1 is 1.16 bits per heavy atom. The van der Waals surface area contributed by atoms with Crippen LogP contribution in [0.2, 0.25) is 5.15 Å². The van der Waals surface area contributed by atoms with Crippen LogP contribution in [0, 0.1) is 11.6 Å². The Balaban J connectivity index is 1.58. The number of hydrogen-bond donors (Lipinski definition) is 1. The quantitative estimate of drug-likeness (QED) is 0.449. The molecule has 1 atom stereocenters. The summed E-state index contributed by atoms with van der Waals surface area (Å²) in [6, 6.07) is 8.44. The van der Waals surface area contributed by atoms with Crippen LogP contribution in [0.15, 0.2) is 61.2 Å². The van der Waals surface area contributed by atoms with E-state index in [9.17, 15) is 13.6 Å². The van der Waals surface area contributed by atoms with Gasteiger partial charge in [0.1, 0.15) is 16.7 Å². The fourth-order valence-electron chi connectivity index (χ4n) is 3.36. The topological polar surface area (TPSA) is 77.6 Å². The summed E-state index contributed by atoms with van der Waals surface area (Å²) >= 11 is 6.10. The molecule has 0 spiro atoms. The molecule has 0 saturated heterocycles. The average molecular weight is 457 g/mol. The van der Waals surface area contributed by atoms with Crippen molar-refractivity contribution in [2.24, 2.45) is 7.05 Å². The smallest absolute Gasteiger partial charge is 0.254 e. The number of pyridine rings is 1. The second-order valence-electron chi connectivity index (χ2n) is 7.53. The molecule has 4 rings (SSSR count). The van der Waals surface area contributed by atoms with E-state index in [1.165, 1.54) is 23.1 Å². The summed E-state index contributed by atoms with van der Waals surface area (Å²) in [6.45, 7) is 2.13. The molecule has 1 aromatic carbocycles. The van der Waals surface area contributed by atoms with E-state index in [1.807, 2.05) is 19.2 Å². The minimum absolute atomic E-state index is 0.0359. The SMILES string of the molecule is Cn1cc(C(C)(CNC(=O)c2cnn(-c3ccc(F)cc3F)c2)c2cccc(Cl)n2)cn1. The molecule has 3 aromatic heterocycles. The number of carbonyl (C=O) groups is 1. The Hall–Kier alpha value is -3.59. The summed E-state index contributed by atoms with van der Waals surface area (Å²) in [7, 11) is 1.80. The number of rotatable bonds is 6. The molecule has 0 aliphatic heterocycles. The van der Waals surface area contributed by atoms with Crippen LogP contribution in [0.3, 0.4) is 0 Å². The molecule has 10 heteroatoms. The highest BCUT2D eigenvalue weighted by Crippen LogP contribution is 2.30. The highest BCUT2D eigenvalue weighted by molar-refractivity contribution is 6.29. The lowest BCUT2D eigenvalue weighted by Crippen LogP contribution is -2.40. The van der Waals surface area contributed by atoms with Crippen molar-refractivity contribution in [3.05, 3.63) is 94.8 Å². The Kier molecular flexibility index (Phi) is 5.75. The van der Waals surface area contributed by atoms with Gasteiger partial charge in [-0.25, -0.2) is 18.4 Å². The van der Waals surface area contributed by atoms with Gasteiger partial charge in [-0.05, 0) is 31.2 Å². The first-order valence-corrected chi connectivity index (χ1v) is 10.0. The molecular formula is C22H19ClF2N6O. The number of nitrogens with zero attached hydrogens (tertiary/aromatic N) is 5. The van der Waals surface area contributed by atoms with Gasteiger partial charge in [-0.2, -0.15) is 10.2 Å². The molecule has 3 heterocycles. The van der Waals surface area contributed by atoms with E-state index < -0.39 is 23.0 Å². The van der Waals surface area contributed by atoms with Crippen molar-refractivity contribution in [3.63, 3.8) is 0 Å². The van der Waals surface area contributed by atoms with Gasteiger partial charge in [0.15, 0.2) is 5.82 Å². The van der Waals surface area contributed by atoms with E-state index in [0.717, 1.165) is 17.7 Å². The van der Waals surface area contributed by atoms with Crippen molar-refractivity contribution in [3.8, 4) is 5.69 Å². The lowest BCUT2D eigenvalue weighted by atomic mass is 9.80. The zero-order valence-electron chi connectivity index (χ0n) is 17.3. The molecule has 0 bridgehead atoms. The summed E-state index contributed by atoms with van der Waals surface area (Å²) in [5.74, 6) is -1.88. The Labute approximate surface area is 187 Å². The molecule has 7 nitrogen and oxygen atoms in total. The third kappa shape index (κ3) is 4.24. The maximum Gasteiger partial charge on any atom is 0.254 e. The van der Waals surface area contributed by atoms with Crippen LogP contribution in [0.1, 0.15) is 28.5 Å². The number of carbonyl (C=O) groups excluding carboxylic acids is 1. The number of amides is 1. The van der Waals surface area contributed by atoms with Crippen molar-refractivity contribution in [1.29, 1.82) is 0 Å². The van der Waals surface area contributed by atoms with E-state index in [2.05, 4.69) is 20.5 Å². The van der Waals surface area contributed by atoms with Crippen LogP contribution in [0.25, 0.3) is 5.69 Å². The van der Waals surface area contributed by atoms with Crippen LogP contribution in [-0.4, -0.2) is 37.0 Å². The predicted octanol–water partition coefficient (Wildman–Crippen LogP) is 3.67. The molecule has 1 N–H and O–H groups in total. The molecule has 0 fully saturated rings. The van der Waals surface area contributed by atoms with Crippen molar-refractivity contribution in [2.45, 2.75) is 12.3 Å². The van der Waals surface area contributed by atoms with Gasteiger partial charge in [0.25, 0.3) is 5.91 Å². The molecule has 164 valence electrons. The third-order valence-corrected chi connectivity index (χ3v) is 5.44. The Morgan fingerprint density at radius 3 is 2.66 bits per heavy atom. The fourth-order valence-corrected chi connectivity index (χ4v) is 3.52. The zero-order chi connectivity index (χ0) is 22.9. The van der Waals surface area contributed by atoms with E-state index >= 15 is 0 Å². The van der Waals surface area contributed by atoms with Crippen molar-refractivity contribution in [1.82, 2.24) is 29.9 Å². The minimum Gasteiger partial charge on any atom is -0.351 e. The predicted molar refractivity (Wildman–Crippen MR) is 115 cm³/mol. The van der Waals surface area contributed by atoms with Gasteiger partial charge in [-0.15, -0.1) is 0 Å². The summed E-state index contributed by atoms with van der Waals surface area (Å²) < 4.78 is 30.0. The lowest BCUT2D eigenvalue weighted by molar-refractivity contribution is 0.0947. The second-order valence-corrected chi connectivity index (χ2v) is 7.92. The molecule has 1 unspecified atom stereocenters. The van der Waals surface area contributed by atoms with Gasteiger partial charge in [0.2, 0.25) is 0 Å². The maximum atomic E-state index is 14.0. The molecule has 4 aromatic rings. The lowest BCUT2D eigenvalue weighted by Gasteiger charge is -2.28. The zero-order valence-corrected chi connectivity index (χ0v) is 18.0. The van der Waals surface area contributed by atoms with Crippen molar-refractivity contribution in [2.75, 3.05) is 6.54 Å². The second kappa shape index (κ2) is 8.51. The molecule has 0 radical (unpaired) electrons. The number of hydrogen-bond acceptors (Lipinski definition) is 4. The average Bonchev–Trinajstić information content (AvgIpc) is 3.41. The van der Waals surface area contributed by atoms with Crippen LogP contribution in [0.5, 0.6) is 0 Å². The highest BCUT2D eigenvalue weighted by atomic mass is 35.5. The fraction of sp³-hybridized carbons (Fsp3) is 0.182. The Bertz CT molecular complexity index is 1290. The number of halogens is 3. The summed E-state index contributed by atoms with van der Waals surface area (Å²) in [5, 5.41) is 11.5. The van der Waals surface area contributed by atoms with Crippen LogP contribution >= 0.6 is 11.6 Å². The van der Waals surface area contributed by atoms with E-state index in [-0.39, 0.29) is 17.8 Å². The van der Waals surface area contributed by atoms with E-state index in [1.54, 1.807) is 30.1 Å². The first kappa shape index (κ1) is 21.6. The standard InChI is InChI=1S/C22H19ClF2N6O/c1-22(15-10-27-30(2)12-15,19-4-3-5-20(23)29-19)13-26-21(32)14-9-28-31(11-14)18-7-6-16(24)8-17(18)25/h3-12H,13H2,1-2H3,(H,26,32). The van der Waals surface area contributed by atoms with Gasteiger partial charge in [0.05, 0.1) is 29.1 Å². The minimum atomic E-state index is -0.781. The van der Waals surface area contributed by atoms with Gasteiger partial charge >= 0.3 is 0 Å². The first-order valence-electron chi connectivity index (χ1n) is 9.67. The van der Waals surface area contributed by atoms with Crippen molar-refractivity contribution >= 4 is 17.5 Å². The van der Waals surface area contributed by atoms with Crippen molar-refractivity contribution < 1.29 is 13.6 Å². The molecule has 32 heavy (non-hydrogen) atoms. The normalized spacial score (nSPS) is 13.0. The number of nitrogens with one attached hydrogen (secondary N) is 1. The molecule has 1 amide bonds. The van der Waals surface area contributed by atoms with E-state index in [4.69, 9.17) is 11.6 Å². The number of benzene rings is 1. The molecular weight excluding hydrogens is 438 g/mol. The van der Waals surface area contributed by atoms with Gasteiger partial charge in [0, 0.05) is 37.6 Å². The first-order chi connectivity index (χ1) is 15.3. The molecule has 0 aliphatic rings. The van der Waals surface area contributed by atoms with Gasteiger partial charge in [-0.3, -0.25) is 9.48 Å². The molecule has 0 aliphatic carbocycles. The highest BCUT2D eigenvalue weighted by Gasteiger charge is 2.33. The van der Waals surface area contributed by atoms with E-state index in [0.29, 0.717) is 10.8 Å². The summed E-state index contributed by atoms with van der Waals surface area (Å²) in [4.78, 5) is 17.3. The maximum absolute atomic E-state index is 14.0. The number of aryl methyl sites for hydroxylation is 1. The number of aromatic nitrogens is 5. The van der Waals surface area contributed by atoms with Crippen LogP contribution in [0.4, 0.5) is 8.78 Å². The Morgan fingerprint density at radius 2 is 1.97 bits per heavy atom. The van der Waals surface area contributed by atoms with Crippen LogP contribution in [-0.2, 0) is 12.5 Å².